The summed E-state index contributed by atoms with van der Waals surface area (Å²) in [6, 6.07) is 12.8. The number of amides is 3. The molecule has 3 fully saturated rings. The van der Waals surface area contributed by atoms with Crippen LogP contribution in [0.25, 0.3) is 11.0 Å². The molecule has 6 atom stereocenters. The zero-order valence-corrected chi connectivity index (χ0v) is 25.5. The number of aliphatic hydroxyl groups is 1. The van der Waals surface area contributed by atoms with E-state index in [1.165, 1.54) is 4.90 Å². The Bertz CT molecular complexity index is 1560. The van der Waals surface area contributed by atoms with Gasteiger partial charge >= 0.3 is 0 Å². The molecule has 6 rings (SSSR count). The number of aromatic nitrogens is 3. The zero-order chi connectivity index (χ0) is 31.2. The predicted molar refractivity (Wildman–Crippen MR) is 161 cm³/mol. The van der Waals surface area contributed by atoms with E-state index in [2.05, 4.69) is 20.9 Å². The van der Waals surface area contributed by atoms with Crippen molar-refractivity contribution in [1.82, 2.24) is 25.2 Å². The molecule has 3 saturated heterocycles. The molecular formula is C32H40N6O6. The molecule has 3 N–H and O–H groups in total. The number of carbonyl (C=O) groups excluding carboxylic acids is 3. The van der Waals surface area contributed by atoms with Crippen LogP contribution in [0.2, 0.25) is 0 Å². The van der Waals surface area contributed by atoms with Crippen molar-refractivity contribution >= 4 is 34.4 Å². The van der Waals surface area contributed by atoms with Crippen LogP contribution in [0, 0.1) is 17.8 Å². The highest BCUT2D eigenvalue weighted by atomic mass is 16.5. The molecule has 0 aliphatic carbocycles. The summed E-state index contributed by atoms with van der Waals surface area (Å²) in [6.07, 6.45) is 1.49. The summed E-state index contributed by atoms with van der Waals surface area (Å²) >= 11 is 0. The van der Waals surface area contributed by atoms with E-state index < -0.39 is 41.0 Å². The minimum atomic E-state index is -1.22. The second kappa shape index (κ2) is 11.5. The third kappa shape index (κ3) is 4.62. The highest BCUT2D eigenvalue weighted by Gasteiger charge is 2.79. The molecule has 234 valence electrons. The maximum atomic E-state index is 14.5. The van der Waals surface area contributed by atoms with Gasteiger partial charge in [0, 0.05) is 5.69 Å². The number of hydrogen-bond donors (Lipinski definition) is 3. The number of rotatable bonds is 11. The van der Waals surface area contributed by atoms with Crippen LogP contribution in [-0.2, 0) is 25.8 Å². The van der Waals surface area contributed by atoms with Crippen molar-refractivity contribution in [2.45, 2.75) is 76.9 Å². The van der Waals surface area contributed by atoms with Gasteiger partial charge in [-0.1, -0.05) is 38.1 Å². The van der Waals surface area contributed by atoms with E-state index in [-0.39, 0.29) is 31.0 Å². The highest BCUT2D eigenvalue weighted by Crippen LogP contribution is 2.64. The lowest BCUT2D eigenvalue weighted by atomic mass is 9.65. The largest absolute Gasteiger partial charge is 0.494 e. The molecule has 12 nitrogen and oxygen atoms in total. The average Bonchev–Trinajstić information content (AvgIpc) is 3.75. The molecule has 0 saturated carbocycles. The number of benzene rings is 2. The Balaban J connectivity index is 1.33. The lowest BCUT2D eigenvalue weighted by Gasteiger charge is -2.38. The smallest absolute Gasteiger partial charge is 0.247 e. The third-order valence-corrected chi connectivity index (χ3v) is 9.72. The molecule has 1 aromatic heterocycles. The van der Waals surface area contributed by atoms with Crippen LogP contribution in [-0.4, -0.2) is 79.2 Å². The van der Waals surface area contributed by atoms with Crippen LogP contribution in [0.3, 0.4) is 0 Å². The van der Waals surface area contributed by atoms with E-state index in [1.54, 1.807) is 28.9 Å². The number of anilines is 1. The Kier molecular flexibility index (Phi) is 7.83. The molecule has 12 heteroatoms. The number of para-hydroxylation sites is 1. The highest BCUT2D eigenvalue weighted by molar-refractivity contribution is 6.02. The standard InChI is InChI=1S/C32H40N6O6/c1-5-31-15-16-32(44-31)26(25(31)28(40)34-20-11-13-21(14-12-20)43-6-2)30(42)38(24(17-39)19(3)4)27(32)29(41)33-18-37-23-10-8-7-9-22(23)35-36-37/h7-14,19,24-27,39H,5-6,15-18H2,1-4H3,(H,33,41)(H,34,40)/t24-,25-,26-,27?,31+,32?/m0/s1. The van der Waals surface area contributed by atoms with Crippen LogP contribution in [0.5, 0.6) is 5.75 Å². The Labute approximate surface area is 256 Å². The van der Waals surface area contributed by atoms with E-state index in [0.29, 0.717) is 42.8 Å². The number of nitrogens with zero attached hydrogens (tertiary/aromatic N) is 4. The fourth-order valence-corrected chi connectivity index (χ4v) is 7.64. The first kappa shape index (κ1) is 30.0. The van der Waals surface area contributed by atoms with E-state index in [9.17, 15) is 19.5 Å². The van der Waals surface area contributed by atoms with Crippen molar-refractivity contribution in [3.63, 3.8) is 0 Å². The summed E-state index contributed by atoms with van der Waals surface area (Å²) in [4.78, 5) is 44.2. The minimum absolute atomic E-state index is 0.0324. The Morgan fingerprint density at radius 2 is 1.86 bits per heavy atom. The summed E-state index contributed by atoms with van der Waals surface area (Å²) in [6.45, 7) is 7.89. The number of likely N-dealkylation sites (tertiary alicyclic amines) is 1. The first-order valence-corrected chi connectivity index (χ1v) is 15.4. The topological polar surface area (TPSA) is 148 Å². The number of aliphatic hydroxyl groups excluding tert-OH is 1. The summed E-state index contributed by atoms with van der Waals surface area (Å²) in [5.74, 6) is -2.24. The second-order valence-corrected chi connectivity index (χ2v) is 12.3. The Morgan fingerprint density at radius 3 is 2.55 bits per heavy atom. The number of hydrogen-bond acceptors (Lipinski definition) is 8. The van der Waals surface area contributed by atoms with Gasteiger partial charge in [0.25, 0.3) is 0 Å². The van der Waals surface area contributed by atoms with E-state index in [0.717, 1.165) is 5.52 Å². The summed E-state index contributed by atoms with van der Waals surface area (Å²) < 4.78 is 13.9. The summed E-state index contributed by atoms with van der Waals surface area (Å²) in [7, 11) is 0. The predicted octanol–water partition coefficient (Wildman–Crippen LogP) is 2.71. The zero-order valence-electron chi connectivity index (χ0n) is 25.5. The van der Waals surface area contributed by atoms with E-state index in [4.69, 9.17) is 9.47 Å². The molecular weight excluding hydrogens is 564 g/mol. The number of ether oxygens (including phenoxy) is 2. The van der Waals surface area contributed by atoms with Gasteiger partial charge in [-0.3, -0.25) is 14.4 Å². The third-order valence-electron chi connectivity index (χ3n) is 9.72. The first-order chi connectivity index (χ1) is 21.2. The van der Waals surface area contributed by atoms with Crippen molar-refractivity contribution in [3.05, 3.63) is 48.5 Å². The van der Waals surface area contributed by atoms with Gasteiger partial charge in [0.2, 0.25) is 17.7 Å². The molecule has 3 aliphatic rings. The molecule has 2 bridgehead atoms. The van der Waals surface area contributed by atoms with E-state index >= 15 is 0 Å². The van der Waals surface area contributed by atoms with Gasteiger partial charge in [-0.2, -0.15) is 0 Å². The lowest BCUT2D eigenvalue weighted by molar-refractivity contribution is -0.151. The van der Waals surface area contributed by atoms with Gasteiger partial charge in [0.15, 0.2) is 0 Å². The van der Waals surface area contributed by atoms with Crippen molar-refractivity contribution in [3.8, 4) is 5.75 Å². The van der Waals surface area contributed by atoms with Crippen LogP contribution < -0.4 is 15.4 Å². The Hall–Kier alpha value is -4.03. The monoisotopic (exact) mass is 604 g/mol. The van der Waals surface area contributed by atoms with Crippen LogP contribution in [0.4, 0.5) is 5.69 Å². The molecule has 2 aromatic carbocycles. The maximum absolute atomic E-state index is 14.5. The number of carbonyl (C=O) groups is 3. The number of nitrogens with one attached hydrogen (secondary N) is 2. The maximum Gasteiger partial charge on any atom is 0.247 e. The molecule has 3 aromatic rings. The van der Waals surface area contributed by atoms with Crippen molar-refractivity contribution in [2.75, 3.05) is 18.5 Å². The number of fused-ring (bicyclic) bond motifs is 2. The molecule has 3 amide bonds. The van der Waals surface area contributed by atoms with E-state index in [1.807, 2.05) is 52.0 Å². The van der Waals surface area contributed by atoms with Gasteiger partial charge in [-0.25, -0.2) is 4.68 Å². The van der Waals surface area contributed by atoms with Gasteiger partial charge < -0.3 is 30.1 Å². The normalized spacial score (nSPS) is 28.0. The Morgan fingerprint density at radius 1 is 1.11 bits per heavy atom. The van der Waals surface area contributed by atoms with Gasteiger partial charge in [-0.15, -0.1) is 5.10 Å². The molecule has 3 aliphatic heterocycles. The van der Waals surface area contributed by atoms with Gasteiger partial charge in [0.1, 0.15) is 29.6 Å². The lowest BCUT2D eigenvalue weighted by Crippen LogP contribution is -2.59. The van der Waals surface area contributed by atoms with Crippen molar-refractivity contribution in [1.29, 1.82) is 0 Å². The second-order valence-electron chi connectivity index (χ2n) is 12.3. The van der Waals surface area contributed by atoms with Crippen LogP contribution in [0.15, 0.2) is 48.5 Å². The summed E-state index contributed by atoms with van der Waals surface area (Å²) in [5, 5.41) is 24.7. The van der Waals surface area contributed by atoms with Crippen molar-refractivity contribution < 1.29 is 29.0 Å². The van der Waals surface area contributed by atoms with Gasteiger partial charge in [-0.05, 0) is 68.5 Å². The molecule has 0 radical (unpaired) electrons. The molecule has 1 spiro atoms. The van der Waals surface area contributed by atoms with Crippen LogP contribution >= 0.6 is 0 Å². The molecule has 44 heavy (non-hydrogen) atoms. The average molecular weight is 605 g/mol. The fourth-order valence-electron chi connectivity index (χ4n) is 7.64. The first-order valence-electron chi connectivity index (χ1n) is 15.4. The summed E-state index contributed by atoms with van der Waals surface area (Å²) in [5.41, 5.74) is -0.0804. The molecule has 4 heterocycles. The SMILES string of the molecule is CCOc1ccc(NC(=O)[C@@H]2[C@H]3C(=O)N([C@@H](CO)C(C)C)C(C(=O)NCn4nnc5ccccc54)C34CC[C@@]2(CC)O4)cc1. The van der Waals surface area contributed by atoms with Crippen molar-refractivity contribution in [2.24, 2.45) is 17.8 Å². The van der Waals surface area contributed by atoms with Gasteiger partial charge in [0.05, 0.1) is 42.2 Å². The van der Waals surface area contributed by atoms with Crippen LogP contribution in [0.1, 0.15) is 47.0 Å². The fraction of sp³-hybridized carbons (Fsp3) is 0.531. The minimum Gasteiger partial charge on any atom is -0.494 e. The quantitative estimate of drug-likeness (QED) is 0.303. The molecule has 2 unspecified atom stereocenters.